The van der Waals surface area contributed by atoms with Gasteiger partial charge in [-0.05, 0) is 40.3 Å². The molecule has 1 aliphatic carbocycles. The van der Waals surface area contributed by atoms with Crippen molar-refractivity contribution in [3.63, 3.8) is 0 Å². The summed E-state index contributed by atoms with van der Waals surface area (Å²) >= 11 is 0. The molecule has 0 aliphatic heterocycles. The largest absolute Gasteiger partial charge is 0.302 e. The molecule has 0 aromatic rings. The summed E-state index contributed by atoms with van der Waals surface area (Å²) in [6.45, 7) is 1.89. The van der Waals surface area contributed by atoms with Gasteiger partial charge in [0.05, 0.1) is 0 Å². The van der Waals surface area contributed by atoms with Crippen molar-refractivity contribution < 1.29 is 0 Å². The van der Waals surface area contributed by atoms with Gasteiger partial charge in [-0.25, -0.2) is 0 Å². The molecule has 1 unspecified atom stereocenters. The molecule has 1 rings (SSSR count). The highest BCUT2D eigenvalue weighted by Gasteiger charge is 2.42. The van der Waals surface area contributed by atoms with Gasteiger partial charge in [0.25, 0.3) is 0 Å². The lowest BCUT2D eigenvalue weighted by Gasteiger charge is -2.43. The van der Waals surface area contributed by atoms with Crippen molar-refractivity contribution in [3.8, 4) is 11.8 Å². The number of likely N-dealkylation sites (N-methyl/N-ethyl adjacent to an activating group) is 1. The summed E-state index contributed by atoms with van der Waals surface area (Å²) in [5.41, 5.74) is 3.26. The summed E-state index contributed by atoms with van der Waals surface area (Å²) in [4.78, 5) is 2.35. The Labute approximate surface area is 99.7 Å². The molecule has 3 N–H and O–H groups in total. The van der Waals surface area contributed by atoms with Crippen LogP contribution in [0.15, 0.2) is 0 Å². The second kappa shape index (κ2) is 6.24. The first-order valence-corrected chi connectivity index (χ1v) is 6.20. The molecule has 16 heavy (non-hydrogen) atoms. The zero-order chi connectivity index (χ0) is 12.0. The van der Waals surface area contributed by atoms with Crippen LogP contribution >= 0.6 is 0 Å². The van der Waals surface area contributed by atoms with Gasteiger partial charge in [-0.2, -0.15) is 0 Å². The Bertz CT molecular complexity index is 256. The van der Waals surface area contributed by atoms with Crippen molar-refractivity contribution in [2.24, 2.45) is 5.84 Å². The first-order chi connectivity index (χ1) is 7.67. The molecule has 0 heterocycles. The third-order valence-electron chi connectivity index (χ3n) is 3.94. The van der Waals surface area contributed by atoms with E-state index in [1.165, 1.54) is 25.7 Å². The van der Waals surface area contributed by atoms with Crippen molar-refractivity contribution in [3.05, 3.63) is 0 Å². The molecule has 0 radical (unpaired) electrons. The van der Waals surface area contributed by atoms with Crippen LogP contribution in [0.4, 0.5) is 0 Å². The molecule has 0 spiro atoms. The van der Waals surface area contributed by atoms with Crippen molar-refractivity contribution in [1.29, 1.82) is 0 Å². The molecule has 1 atom stereocenters. The summed E-state index contributed by atoms with van der Waals surface area (Å²) in [5, 5.41) is 0. The molecule has 1 fully saturated rings. The van der Waals surface area contributed by atoms with Gasteiger partial charge in [-0.15, -0.1) is 11.8 Å². The summed E-state index contributed by atoms with van der Waals surface area (Å²) in [5.74, 6) is 11.8. The van der Waals surface area contributed by atoms with Crippen LogP contribution in [0.3, 0.4) is 0 Å². The SMILES string of the molecule is CC#CCCC(NN)C1(N(C)C)CCCC1. The van der Waals surface area contributed by atoms with Crippen LogP contribution in [0.5, 0.6) is 0 Å². The van der Waals surface area contributed by atoms with E-state index in [2.05, 4.69) is 36.3 Å². The minimum absolute atomic E-state index is 0.240. The van der Waals surface area contributed by atoms with Crippen LogP contribution in [0.2, 0.25) is 0 Å². The third kappa shape index (κ3) is 2.76. The van der Waals surface area contributed by atoms with Crippen molar-refractivity contribution in [2.75, 3.05) is 14.1 Å². The number of hydrogen-bond donors (Lipinski definition) is 2. The molecule has 92 valence electrons. The second-order valence-electron chi connectivity index (χ2n) is 4.89. The number of hydrazine groups is 1. The fourth-order valence-electron chi connectivity index (χ4n) is 2.94. The smallest absolute Gasteiger partial charge is 0.0403 e. The van der Waals surface area contributed by atoms with E-state index in [4.69, 9.17) is 5.84 Å². The topological polar surface area (TPSA) is 41.3 Å². The lowest BCUT2D eigenvalue weighted by atomic mass is 9.84. The van der Waals surface area contributed by atoms with E-state index >= 15 is 0 Å². The highest BCUT2D eigenvalue weighted by atomic mass is 15.3. The predicted octanol–water partition coefficient (Wildman–Crippen LogP) is 1.50. The normalized spacial score (nSPS) is 20.6. The van der Waals surface area contributed by atoms with E-state index in [0.29, 0.717) is 6.04 Å². The monoisotopic (exact) mass is 223 g/mol. The Kier molecular flexibility index (Phi) is 5.27. The van der Waals surface area contributed by atoms with Crippen molar-refractivity contribution in [1.82, 2.24) is 10.3 Å². The van der Waals surface area contributed by atoms with Gasteiger partial charge in [0.1, 0.15) is 0 Å². The quantitative estimate of drug-likeness (QED) is 0.421. The van der Waals surface area contributed by atoms with Crippen LogP contribution in [-0.2, 0) is 0 Å². The van der Waals surface area contributed by atoms with Gasteiger partial charge in [0, 0.05) is 18.0 Å². The summed E-state index contributed by atoms with van der Waals surface area (Å²) in [6.07, 6.45) is 7.09. The van der Waals surface area contributed by atoms with Crippen LogP contribution in [0, 0.1) is 11.8 Å². The molecule has 0 aromatic heterocycles. The standard InChI is InChI=1S/C13H25N3/c1-4-5-6-9-12(15-14)13(16(2)3)10-7-8-11-13/h12,15H,6-11,14H2,1-3H3. The molecule has 1 saturated carbocycles. The number of nitrogens with one attached hydrogen (secondary N) is 1. The van der Waals surface area contributed by atoms with Gasteiger partial charge >= 0.3 is 0 Å². The van der Waals surface area contributed by atoms with E-state index in [-0.39, 0.29) is 5.54 Å². The molecular weight excluding hydrogens is 198 g/mol. The van der Waals surface area contributed by atoms with E-state index in [9.17, 15) is 0 Å². The maximum Gasteiger partial charge on any atom is 0.0403 e. The highest BCUT2D eigenvalue weighted by Crippen LogP contribution is 2.37. The summed E-state index contributed by atoms with van der Waals surface area (Å²) in [7, 11) is 4.34. The fourth-order valence-corrected chi connectivity index (χ4v) is 2.94. The predicted molar refractivity (Wildman–Crippen MR) is 68.7 cm³/mol. The number of nitrogens with zero attached hydrogens (tertiary/aromatic N) is 1. The Morgan fingerprint density at radius 3 is 2.44 bits per heavy atom. The minimum Gasteiger partial charge on any atom is -0.302 e. The van der Waals surface area contributed by atoms with E-state index in [1.54, 1.807) is 0 Å². The maximum absolute atomic E-state index is 5.73. The first-order valence-electron chi connectivity index (χ1n) is 6.20. The Morgan fingerprint density at radius 1 is 1.38 bits per heavy atom. The number of hydrogen-bond acceptors (Lipinski definition) is 3. The van der Waals surface area contributed by atoms with E-state index in [0.717, 1.165) is 12.8 Å². The zero-order valence-corrected chi connectivity index (χ0v) is 10.8. The van der Waals surface area contributed by atoms with Gasteiger partial charge in [-0.3, -0.25) is 11.3 Å². The molecule has 0 bridgehead atoms. The maximum atomic E-state index is 5.73. The lowest BCUT2D eigenvalue weighted by Crippen LogP contribution is -2.59. The van der Waals surface area contributed by atoms with Gasteiger partial charge < -0.3 is 4.90 Å². The number of nitrogens with two attached hydrogens (primary N) is 1. The van der Waals surface area contributed by atoms with Crippen LogP contribution < -0.4 is 11.3 Å². The Balaban J connectivity index is 2.68. The second-order valence-corrected chi connectivity index (χ2v) is 4.89. The molecule has 0 aromatic carbocycles. The molecule has 1 aliphatic rings. The molecule has 3 heteroatoms. The van der Waals surface area contributed by atoms with Gasteiger partial charge in [0.15, 0.2) is 0 Å². The summed E-state index contributed by atoms with van der Waals surface area (Å²) in [6, 6.07) is 0.353. The average molecular weight is 223 g/mol. The number of rotatable bonds is 5. The fraction of sp³-hybridized carbons (Fsp3) is 0.846. The Morgan fingerprint density at radius 2 is 2.00 bits per heavy atom. The van der Waals surface area contributed by atoms with Crippen LogP contribution in [-0.4, -0.2) is 30.6 Å². The van der Waals surface area contributed by atoms with Crippen molar-refractivity contribution in [2.45, 2.75) is 57.0 Å². The van der Waals surface area contributed by atoms with E-state index < -0.39 is 0 Å². The minimum atomic E-state index is 0.240. The lowest BCUT2D eigenvalue weighted by molar-refractivity contribution is 0.101. The van der Waals surface area contributed by atoms with Crippen LogP contribution in [0.25, 0.3) is 0 Å². The van der Waals surface area contributed by atoms with E-state index in [1.807, 2.05) is 6.92 Å². The Hall–Kier alpha value is -0.560. The summed E-state index contributed by atoms with van der Waals surface area (Å²) < 4.78 is 0. The highest BCUT2D eigenvalue weighted by molar-refractivity contribution is 5.04. The molecule has 0 saturated heterocycles. The van der Waals surface area contributed by atoms with Gasteiger partial charge in [0.2, 0.25) is 0 Å². The molecule has 3 nitrogen and oxygen atoms in total. The van der Waals surface area contributed by atoms with Crippen LogP contribution in [0.1, 0.15) is 45.4 Å². The van der Waals surface area contributed by atoms with Gasteiger partial charge in [-0.1, -0.05) is 12.8 Å². The molecular formula is C13H25N3. The molecule has 0 amide bonds. The first kappa shape index (κ1) is 13.5. The van der Waals surface area contributed by atoms with Crippen molar-refractivity contribution >= 4 is 0 Å². The zero-order valence-electron chi connectivity index (χ0n) is 10.8. The third-order valence-corrected chi connectivity index (χ3v) is 3.94. The average Bonchev–Trinajstić information content (AvgIpc) is 2.74.